The van der Waals surface area contributed by atoms with Crippen LogP contribution in [-0.2, 0) is 4.79 Å². The third-order valence-corrected chi connectivity index (χ3v) is 4.83. The molecule has 0 heterocycles. The summed E-state index contributed by atoms with van der Waals surface area (Å²) in [6.45, 7) is 2.77. The van der Waals surface area contributed by atoms with Gasteiger partial charge in [0.15, 0.2) is 0 Å². The van der Waals surface area contributed by atoms with Gasteiger partial charge in [-0.15, -0.1) is 0 Å². The molecule has 116 valence electrons. The van der Waals surface area contributed by atoms with E-state index in [9.17, 15) is 8.68 Å². The van der Waals surface area contributed by atoms with Crippen LogP contribution in [0.3, 0.4) is 0 Å². The van der Waals surface area contributed by atoms with Crippen molar-refractivity contribution in [3.05, 3.63) is 34.8 Å². The van der Waals surface area contributed by atoms with Gasteiger partial charge in [0, 0.05) is 17.4 Å². The molecular weight excluding hydrogens is 285 g/mol. The number of carbonyl (C=O) groups excluding carboxylic acids is 1. The van der Waals surface area contributed by atoms with Crippen LogP contribution in [0.2, 0.25) is 0 Å². The van der Waals surface area contributed by atoms with Crippen LogP contribution in [0.5, 0.6) is 0 Å². The van der Waals surface area contributed by atoms with E-state index in [4.69, 9.17) is 0 Å². The number of allylic oxidation sites excluding steroid dienone is 4. The molecule has 4 heteroatoms. The summed E-state index contributed by atoms with van der Waals surface area (Å²) in [6.07, 6.45) is 13.8. The molecule has 0 radical (unpaired) electrons. The lowest BCUT2D eigenvalue weighted by Gasteiger charge is -2.12. The standard InChI is InChI=1S/C17H24FNOS/c1-2-4-13-7-9-15(11-13)17(20)19-12-14-5-3-6-16(21-18)10-8-14/h3,5-6,10,13,15H,2,4,7-9,11-12H2,1H3,(H,19,20). The summed E-state index contributed by atoms with van der Waals surface area (Å²) < 4.78 is 12.5. The van der Waals surface area contributed by atoms with Gasteiger partial charge in [0.1, 0.15) is 0 Å². The van der Waals surface area contributed by atoms with Gasteiger partial charge in [-0.3, -0.25) is 4.79 Å². The third kappa shape index (κ3) is 5.03. The molecule has 0 aromatic heterocycles. The maximum Gasteiger partial charge on any atom is 0.223 e. The second kappa shape index (κ2) is 8.42. The van der Waals surface area contributed by atoms with E-state index in [1.807, 2.05) is 18.2 Å². The number of rotatable bonds is 6. The highest BCUT2D eigenvalue weighted by Gasteiger charge is 2.29. The zero-order chi connectivity index (χ0) is 15.1. The van der Waals surface area contributed by atoms with E-state index in [-0.39, 0.29) is 24.0 Å². The Morgan fingerprint density at radius 1 is 1.48 bits per heavy atom. The van der Waals surface area contributed by atoms with E-state index >= 15 is 0 Å². The smallest absolute Gasteiger partial charge is 0.223 e. The van der Waals surface area contributed by atoms with Crippen molar-refractivity contribution in [3.63, 3.8) is 0 Å². The Morgan fingerprint density at radius 3 is 3.10 bits per heavy atom. The van der Waals surface area contributed by atoms with E-state index in [0.29, 0.717) is 17.9 Å². The number of carbonyl (C=O) groups is 1. The minimum atomic E-state index is 0.187. The molecule has 1 amide bonds. The van der Waals surface area contributed by atoms with E-state index in [2.05, 4.69) is 12.2 Å². The van der Waals surface area contributed by atoms with Crippen LogP contribution in [0.1, 0.15) is 45.4 Å². The van der Waals surface area contributed by atoms with Crippen molar-refractivity contribution in [2.24, 2.45) is 11.8 Å². The summed E-state index contributed by atoms with van der Waals surface area (Å²) in [5.41, 5.74) is 1.12. The van der Waals surface area contributed by atoms with Crippen LogP contribution in [0.4, 0.5) is 3.89 Å². The number of halogens is 1. The minimum absolute atomic E-state index is 0.187. The average Bonchev–Trinajstić information content (AvgIpc) is 2.83. The van der Waals surface area contributed by atoms with Gasteiger partial charge in [-0.1, -0.05) is 38.0 Å². The monoisotopic (exact) mass is 309 g/mol. The third-order valence-electron chi connectivity index (χ3n) is 4.35. The molecule has 2 atom stereocenters. The normalized spacial score (nSPS) is 25.2. The van der Waals surface area contributed by atoms with E-state index < -0.39 is 0 Å². The molecule has 1 fully saturated rings. The summed E-state index contributed by atoms with van der Waals surface area (Å²) in [6, 6.07) is 0. The van der Waals surface area contributed by atoms with Crippen molar-refractivity contribution in [1.29, 1.82) is 0 Å². The molecule has 0 bridgehead atoms. The first-order valence-corrected chi connectivity index (χ1v) is 8.57. The molecule has 0 aromatic rings. The van der Waals surface area contributed by atoms with Crippen LogP contribution < -0.4 is 5.32 Å². The average molecular weight is 309 g/mol. The Labute approximate surface area is 131 Å². The quantitative estimate of drug-likeness (QED) is 0.770. The maximum absolute atomic E-state index is 12.5. The van der Waals surface area contributed by atoms with Gasteiger partial charge in [-0.05, 0) is 43.3 Å². The molecule has 0 aromatic carbocycles. The van der Waals surface area contributed by atoms with E-state index in [1.165, 1.54) is 19.3 Å². The first-order valence-electron chi connectivity index (χ1n) is 7.85. The predicted molar refractivity (Wildman–Crippen MR) is 87.4 cm³/mol. The molecule has 2 nitrogen and oxygen atoms in total. The Balaban J connectivity index is 1.76. The largest absolute Gasteiger partial charge is 0.352 e. The molecule has 1 N–H and O–H groups in total. The van der Waals surface area contributed by atoms with Gasteiger partial charge in [-0.25, -0.2) is 0 Å². The van der Waals surface area contributed by atoms with Crippen molar-refractivity contribution in [2.75, 3.05) is 6.54 Å². The lowest BCUT2D eigenvalue weighted by molar-refractivity contribution is -0.124. The highest BCUT2D eigenvalue weighted by atomic mass is 32.2. The van der Waals surface area contributed by atoms with Gasteiger partial charge in [0.2, 0.25) is 5.91 Å². The molecule has 0 saturated heterocycles. The van der Waals surface area contributed by atoms with Crippen molar-refractivity contribution >= 4 is 18.1 Å². The lowest BCUT2D eigenvalue weighted by Crippen LogP contribution is -2.31. The molecule has 21 heavy (non-hydrogen) atoms. The fraction of sp³-hybridized carbons (Fsp3) is 0.588. The topological polar surface area (TPSA) is 29.1 Å². The molecular formula is C17H24FNOS. The van der Waals surface area contributed by atoms with Crippen LogP contribution in [0, 0.1) is 11.8 Å². The van der Waals surface area contributed by atoms with Gasteiger partial charge < -0.3 is 5.32 Å². The van der Waals surface area contributed by atoms with Crippen LogP contribution >= 0.6 is 12.1 Å². The van der Waals surface area contributed by atoms with Crippen molar-refractivity contribution in [1.82, 2.24) is 5.32 Å². The Morgan fingerprint density at radius 2 is 2.33 bits per heavy atom. The zero-order valence-electron chi connectivity index (χ0n) is 12.6. The maximum atomic E-state index is 12.5. The summed E-state index contributed by atoms with van der Waals surface area (Å²) >= 11 is 0.264. The van der Waals surface area contributed by atoms with E-state index in [1.54, 1.807) is 6.08 Å². The van der Waals surface area contributed by atoms with E-state index in [0.717, 1.165) is 24.3 Å². The summed E-state index contributed by atoms with van der Waals surface area (Å²) in [5, 5.41) is 3.05. The summed E-state index contributed by atoms with van der Waals surface area (Å²) in [5.74, 6) is 1.11. The van der Waals surface area contributed by atoms with Crippen LogP contribution in [0.15, 0.2) is 34.8 Å². The summed E-state index contributed by atoms with van der Waals surface area (Å²) in [4.78, 5) is 12.8. The lowest BCUT2D eigenvalue weighted by atomic mass is 10.00. The molecule has 2 aliphatic rings. The Hall–Kier alpha value is -1.03. The molecule has 1 saturated carbocycles. The fourth-order valence-electron chi connectivity index (χ4n) is 3.16. The first kappa shape index (κ1) is 16.3. The highest BCUT2D eigenvalue weighted by molar-refractivity contribution is 7.98. The number of hydrogen-bond acceptors (Lipinski definition) is 2. The number of amides is 1. The molecule has 2 rings (SSSR count). The zero-order valence-corrected chi connectivity index (χ0v) is 13.4. The van der Waals surface area contributed by atoms with Gasteiger partial charge in [-0.2, -0.15) is 3.89 Å². The predicted octanol–water partition coefficient (Wildman–Crippen LogP) is 4.71. The van der Waals surface area contributed by atoms with Crippen molar-refractivity contribution in [3.8, 4) is 0 Å². The molecule has 0 aliphatic heterocycles. The Bertz CT molecular complexity index is 456. The Kier molecular flexibility index (Phi) is 6.55. The van der Waals surface area contributed by atoms with Crippen LogP contribution in [-0.4, -0.2) is 12.5 Å². The second-order valence-corrected chi connectivity index (χ2v) is 6.58. The molecule has 0 spiro atoms. The fourth-order valence-corrected chi connectivity index (χ4v) is 3.44. The van der Waals surface area contributed by atoms with Crippen molar-refractivity contribution < 1.29 is 8.68 Å². The minimum Gasteiger partial charge on any atom is -0.352 e. The van der Waals surface area contributed by atoms with Crippen LogP contribution in [0.25, 0.3) is 0 Å². The second-order valence-electron chi connectivity index (χ2n) is 5.95. The number of nitrogens with one attached hydrogen (secondary N) is 1. The van der Waals surface area contributed by atoms with Crippen molar-refractivity contribution in [2.45, 2.75) is 45.4 Å². The molecule has 2 unspecified atom stereocenters. The molecule has 2 aliphatic carbocycles. The van der Waals surface area contributed by atoms with Gasteiger partial charge in [0.05, 0.1) is 12.1 Å². The van der Waals surface area contributed by atoms with Gasteiger partial charge >= 0.3 is 0 Å². The summed E-state index contributed by atoms with van der Waals surface area (Å²) in [7, 11) is 0. The SMILES string of the molecule is CCCC1CCC(C(=O)NCC2=CC=CC(SF)=CC2)C1. The number of hydrogen-bond donors (Lipinski definition) is 1. The van der Waals surface area contributed by atoms with Gasteiger partial charge in [0.25, 0.3) is 0 Å². The highest BCUT2D eigenvalue weighted by Crippen LogP contribution is 2.33. The first-order chi connectivity index (χ1) is 10.2.